The minimum absolute atomic E-state index is 0.537. The summed E-state index contributed by atoms with van der Waals surface area (Å²) in [6.07, 6.45) is 8.08. The quantitative estimate of drug-likeness (QED) is 0.0855. The largest absolute Gasteiger partial charge is 0.379 e. The summed E-state index contributed by atoms with van der Waals surface area (Å²) >= 11 is 5.64. The molecule has 10 heteroatoms. The van der Waals surface area contributed by atoms with E-state index in [1.165, 1.54) is 25.7 Å². The molecule has 0 spiro atoms. The molecule has 0 unspecified atom stereocenters. The standard InChI is InChI=1S/C27H55ClO9/c1-2-3-7-10-29-12-14-31-16-18-33-20-22-35-24-26-37-27-25-36-23-21-34-19-17-32-15-13-30-11-8-5-4-6-9-28/h2-27H2,1H3. The van der Waals surface area contributed by atoms with Crippen LogP contribution in [0.25, 0.3) is 0 Å². The Morgan fingerprint density at radius 1 is 0.297 bits per heavy atom. The van der Waals surface area contributed by atoms with Gasteiger partial charge in [-0.15, -0.1) is 11.6 Å². The van der Waals surface area contributed by atoms with Crippen molar-refractivity contribution in [1.29, 1.82) is 0 Å². The Morgan fingerprint density at radius 3 is 0.811 bits per heavy atom. The van der Waals surface area contributed by atoms with Gasteiger partial charge in [-0.2, -0.15) is 0 Å². The highest BCUT2D eigenvalue weighted by Crippen LogP contribution is 2.01. The predicted octanol–water partition coefficient (Wildman–Crippen LogP) is 4.13. The van der Waals surface area contributed by atoms with E-state index in [0.29, 0.717) is 106 Å². The van der Waals surface area contributed by atoms with Crippen LogP contribution in [0.15, 0.2) is 0 Å². The summed E-state index contributed by atoms with van der Waals surface area (Å²) in [4.78, 5) is 0. The van der Waals surface area contributed by atoms with Crippen LogP contribution in [0.2, 0.25) is 0 Å². The minimum atomic E-state index is 0.537. The van der Waals surface area contributed by atoms with E-state index in [1.807, 2.05) is 0 Å². The Labute approximate surface area is 231 Å². The van der Waals surface area contributed by atoms with Gasteiger partial charge in [0.1, 0.15) is 0 Å². The van der Waals surface area contributed by atoms with Crippen LogP contribution in [0.1, 0.15) is 51.9 Å². The second kappa shape index (κ2) is 35.9. The third kappa shape index (κ3) is 35.9. The molecule has 0 heterocycles. The molecule has 224 valence electrons. The van der Waals surface area contributed by atoms with E-state index in [1.54, 1.807) is 0 Å². The maximum Gasteiger partial charge on any atom is 0.0701 e. The van der Waals surface area contributed by atoms with E-state index in [9.17, 15) is 0 Å². The molecule has 0 aliphatic heterocycles. The van der Waals surface area contributed by atoms with Crippen LogP contribution in [0.3, 0.4) is 0 Å². The monoisotopic (exact) mass is 558 g/mol. The Hall–Kier alpha value is -0.0700. The summed E-state index contributed by atoms with van der Waals surface area (Å²) in [6, 6.07) is 0. The minimum Gasteiger partial charge on any atom is -0.379 e. The van der Waals surface area contributed by atoms with Gasteiger partial charge < -0.3 is 42.6 Å². The van der Waals surface area contributed by atoms with Gasteiger partial charge in [-0.05, 0) is 19.3 Å². The first kappa shape index (κ1) is 36.9. The Morgan fingerprint density at radius 2 is 0.541 bits per heavy atom. The molecule has 0 radical (unpaired) electrons. The van der Waals surface area contributed by atoms with Crippen molar-refractivity contribution in [1.82, 2.24) is 0 Å². The lowest BCUT2D eigenvalue weighted by Gasteiger charge is -2.09. The lowest BCUT2D eigenvalue weighted by molar-refractivity contribution is -0.0250. The van der Waals surface area contributed by atoms with Gasteiger partial charge in [0.05, 0.1) is 106 Å². The molecule has 0 aromatic rings. The fourth-order valence-corrected chi connectivity index (χ4v) is 3.16. The SMILES string of the molecule is CCCCCOCCOCCOCCOCCOCCOCCOCCOCCOCCCCCCCl. The molecule has 0 saturated heterocycles. The van der Waals surface area contributed by atoms with Crippen LogP contribution in [0.4, 0.5) is 0 Å². The van der Waals surface area contributed by atoms with Crippen molar-refractivity contribution in [2.75, 3.05) is 125 Å². The van der Waals surface area contributed by atoms with Gasteiger partial charge >= 0.3 is 0 Å². The molecular formula is C27H55ClO9. The van der Waals surface area contributed by atoms with E-state index in [-0.39, 0.29) is 0 Å². The number of hydrogen-bond donors (Lipinski definition) is 0. The Balaban J connectivity index is 3.00. The summed E-state index contributed by atoms with van der Waals surface area (Å²) in [7, 11) is 0. The number of unbranched alkanes of at least 4 members (excludes halogenated alkanes) is 5. The summed E-state index contributed by atoms with van der Waals surface area (Å²) in [5.41, 5.74) is 0. The molecule has 0 bridgehead atoms. The van der Waals surface area contributed by atoms with E-state index in [0.717, 1.165) is 38.4 Å². The zero-order chi connectivity index (χ0) is 26.7. The molecule has 0 aliphatic rings. The molecule has 0 aromatic heterocycles. The highest BCUT2D eigenvalue weighted by molar-refractivity contribution is 6.17. The lowest BCUT2D eigenvalue weighted by Crippen LogP contribution is -2.15. The molecule has 0 rings (SSSR count). The smallest absolute Gasteiger partial charge is 0.0701 e. The van der Waals surface area contributed by atoms with Crippen LogP contribution in [0, 0.1) is 0 Å². The first-order chi connectivity index (χ1) is 18.4. The van der Waals surface area contributed by atoms with Crippen molar-refractivity contribution in [3.8, 4) is 0 Å². The molecule has 37 heavy (non-hydrogen) atoms. The van der Waals surface area contributed by atoms with Crippen LogP contribution < -0.4 is 0 Å². The van der Waals surface area contributed by atoms with Gasteiger partial charge in [0.25, 0.3) is 0 Å². The number of halogens is 1. The Kier molecular flexibility index (Phi) is 35.9. The molecular weight excluding hydrogens is 504 g/mol. The normalized spacial score (nSPS) is 11.5. The molecule has 0 saturated carbocycles. The van der Waals surface area contributed by atoms with Crippen molar-refractivity contribution < 1.29 is 42.6 Å². The molecule has 0 aliphatic carbocycles. The predicted molar refractivity (Wildman–Crippen MR) is 146 cm³/mol. The molecule has 0 amide bonds. The van der Waals surface area contributed by atoms with Crippen LogP contribution in [-0.2, 0) is 42.6 Å². The summed E-state index contributed by atoms with van der Waals surface area (Å²) < 4.78 is 49.3. The molecule has 0 N–H and O–H groups in total. The fourth-order valence-electron chi connectivity index (χ4n) is 2.97. The first-order valence-corrected chi connectivity index (χ1v) is 14.7. The average molecular weight is 559 g/mol. The molecule has 0 fully saturated rings. The highest BCUT2D eigenvalue weighted by atomic mass is 35.5. The molecule has 0 aromatic carbocycles. The summed E-state index contributed by atoms with van der Waals surface area (Å²) in [6.45, 7) is 12.9. The van der Waals surface area contributed by atoms with Crippen molar-refractivity contribution >= 4 is 11.6 Å². The second-order valence-electron chi connectivity index (χ2n) is 8.32. The average Bonchev–Trinajstić information content (AvgIpc) is 2.91. The maximum atomic E-state index is 5.64. The van der Waals surface area contributed by atoms with Crippen molar-refractivity contribution in [3.63, 3.8) is 0 Å². The van der Waals surface area contributed by atoms with Crippen LogP contribution in [-0.4, -0.2) is 125 Å². The fraction of sp³-hybridized carbons (Fsp3) is 1.00. The third-order valence-electron chi connectivity index (χ3n) is 5.04. The second-order valence-corrected chi connectivity index (χ2v) is 8.70. The Bertz CT molecular complexity index is 361. The van der Waals surface area contributed by atoms with Crippen LogP contribution in [0.5, 0.6) is 0 Å². The number of rotatable bonds is 34. The van der Waals surface area contributed by atoms with Crippen molar-refractivity contribution in [3.05, 3.63) is 0 Å². The first-order valence-electron chi connectivity index (χ1n) is 14.2. The summed E-state index contributed by atoms with van der Waals surface area (Å²) in [5, 5.41) is 0. The number of hydrogen-bond acceptors (Lipinski definition) is 9. The number of alkyl halides is 1. The van der Waals surface area contributed by atoms with Gasteiger partial charge in [-0.25, -0.2) is 0 Å². The summed E-state index contributed by atoms with van der Waals surface area (Å²) in [5.74, 6) is 0.749. The van der Waals surface area contributed by atoms with E-state index < -0.39 is 0 Å². The van der Waals surface area contributed by atoms with E-state index in [4.69, 9.17) is 54.2 Å². The zero-order valence-electron chi connectivity index (χ0n) is 23.4. The highest BCUT2D eigenvalue weighted by Gasteiger charge is 1.96. The molecule has 0 atom stereocenters. The topological polar surface area (TPSA) is 83.1 Å². The van der Waals surface area contributed by atoms with Gasteiger partial charge in [-0.1, -0.05) is 32.6 Å². The van der Waals surface area contributed by atoms with Crippen LogP contribution >= 0.6 is 11.6 Å². The third-order valence-corrected chi connectivity index (χ3v) is 5.31. The molecule has 9 nitrogen and oxygen atoms in total. The van der Waals surface area contributed by atoms with Gasteiger partial charge in [0.15, 0.2) is 0 Å². The van der Waals surface area contributed by atoms with E-state index >= 15 is 0 Å². The lowest BCUT2D eigenvalue weighted by atomic mass is 10.2. The van der Waals surface area contributed by atoms with Crippen molar-refractivity contribution in [2.24, 2.45) is 0 Å². The van der Waals surface area contributed by atoms with Crippen molar-refractivity contribution in [2.45, 2.75) is 51.9 Å². The maximum absolute atomic E-state index is 5.64. The number of ether oxygens (including phenoxy) is 9. The van der Waals surface area contributed by atoms with Gasteiger partial charge in [0.2, 0.25) is 0 Å². The van der Waals surface area contributed by atoms with E-state index in [2.05, 4.69) is 6.92 Å². The zero-order valence-corrected chi connectivity index (χ0v) is 24.2. The van der Waals surface area contributed by atoms with Gasteiger partial charge in [0, 0.05) is 19.1 Å². The van der Waals surface area contributed by atoms with Gasteiger partial charge in [-0.3, -0.25) is 0 Å².